The summed E-state index contributed by atoms with van der Waals surface area (Å²) < 4.78 is 5.80. The van der Waals surface area contributed by atoms with Crippen LogP contribution in [-0.2, 0) is 4.79 Å². The molecule has 0 aliphatic heterocycles. The van der Waals surface area contributed by atoms with E-state index in [1.807, 2.05) is 30.3 Å². The molecule has 1 aliphatic carbocycles. The van der Waals surface area contributed by atoms with Gasteiger partial charge in [-0.2, -0.15) is 0 Å². The first-order chi connectivity index (χ1) is 8.66. The van der Waals surface area contributed by atoms with E-state index < -0.39 is 11.6 Å². The highest BCUT2D eigenvalue weighted by Gasteiger charge is 2.44. The van der Waals surface area contributed by atoms with Crippen LogP contribution in [0.3, 0.4) is 0 Å². The lowest BCUT2D eigenvalue weighted by Crippen LogP contribution is -2.47. The number of benzene rings is 1. The molecule has 2 rings (SSSR count). The van der Waals surface area contributed by atoms with Gasteiger partial charge in [0.25, 0.3) is 0 Å². The molecule has 1 aromatic carbocycles. The van der Waals surface area contributed by atoms with Gasteiger partial charge in [-0.05, 0) is 43.7 Å². The minimum atomic E-state index is -1.02. The summed E-state index contributed by atoms with van der Waals surface area (Å²) in [7, 11) is 0. The van der Waals surface area contributed by atoms with Crippen molar-refractivity contribution in [3.8, 4) is 5.75 Å². The van der Waals surface area contributed by atoms with Crippen molar-refractivity contribution in [2.45, 2.75) is 44.6 Å². The van der Waals surface area contributed by atoms with E-state index in [1.165, 1.54) is 0 Å². The van der Waals surface area contributed by atoms with Crippen LogP contribution in [0.25, 0.3) is 0 Å². The maximum absolute atomic E-state index is 11.6. The molecule has 1 saturated carbocycles. The normalized spacial score (nSPS) is 27.7. The Morgan fingerprint density at radius 2 is 1.94 bits per heavy atom. The second-order valence-electron chi connectivity index (χ2n) is 5.07. The third kappa shape index (κ3) is 2.66. The van der Waals surface area contributed by atoms with Crippen LogP contribution < -0.4 is 4.74 Å². The topological polar surface area (TPSA) is 46.5 Å². The lowest BCUT2D eigenvalue weighted by Gasteiger charge is -2.36. The number of rotatable bonds is 4. The fraction of sp³-hybridized carbons (Fsp3) is 0.533. The first-order valence-corrected chi connectivity index (χ1v) is 6.64. The van der Waals surface area contributed by atoms with E-state index in [4.69, 9.17) is 4.74 Å². The van der Waals surface area contributed by atoms with Gasteiger partial charge in [0.2, 0.25) is 5.60 Å². The zero-order chi connectivity index (χ0) is 13.0. The average molecular weight is 248 g/mol. The second kappa shape index (κ2) is 5.42. The summed E-state index contributed by atoms with van der Waals surface area (Å²) in [6, 6.07) is 9.26. The van der Waals surface area contributed by atoms with Gasteiger partial charge in [0.05, 0.1) is 0 Å². The van der Waals surface area contributed by atoms with Crippen LogP contribution in [0.15, 0.2) is 30.3 Å². The summed E-state index contributed by atoms with van der Waals surface area (Å²) in [4.78, 5) is 11.6. The maximum atomic E-state index is 11.6. The Hall–Kier alpha value is -1.51. The Bertz CT molecular complexity index is 391. The van der Waals surface area contributed by atoms with Gasteiger partial charge in [-0.3, -0.25) is 0 Å². The molecule has 18 heavy (non-hydrogen) atoms. The van der Waals surface area contributed by atoms with Crippen LogP contribution in [-0.4, -0.2) is 16.7 Å². The number of para-hydroxylation sites is 1. The average Bonchev–Trinajstić information content (AvgIpc) is 2.40. The van der Waals surface area contributed by atoms with Crippen LogP contribution in [0.5, 0.6) is 5.75 Å². The van der Waals surface area contributed by atoms with Crippen molar-refractivity contribution in [2.24, 2.45) is 5.92 Å². The smallest absolute Gasteiger partial charge is 0.348 e. The van der Waals surface area contributed by atoms with E-state index in [2.05, 4.69) is 6.92 Å². The molecule has 0 bridgehead atoms. The van der Waals surface area contributed by atoms with E-state index in [-0.39, 0.29) is 0 Å². The van der Waals surface area contributed by atoms with Crippen molar-refractivity contribution in [3.63, 3.8) is 0 Å². The highest BCUT2D eigenvalue weighted by Crippen LogP contribution is 2.37. The van der Waals surface area contributed by atoms with Gasteiger partial charge in [-0.15, -0.1) is 0 Å². The molecule has 0 heterocycles. The van der Waals surface area contributed by atoms with E-state index in [9.17, 15) is 9.90 Å². The van der Waals surface area contributed by atoms with Crippen LogP contribution in [0.4, 0.5) is 0 Å². The third-order valence-electron chi connectivity index (χ3n) is 3.94. The minimum absolute atomic E-state index is 0.607. The largest absolute Gasteiger partial charge is 0.478 e. The van der Waals surface area contributed by atoms with Crippen molar-refractivity contribution >= 4 is 5.97 Å². The van der Waals surface area contributed by atoms with E-state index in [1.54, 1.807) is 0 Å². The fourth-order valence-electron chi connectivity index (χ4n) is 2.63. The summed E-state index contributed by atoms with van der Waals surface area (Å²) in [5.74, 6) is 0.465. The summed E-state index contributed by atoms with van der Waals surface area (Å²) in [6.45, 7) is 2.16. The zero-order valence-corrected chi connectivity index (χ0v) is 10.8. The standard InChI is InChI=1S/C15H20O3/c1-2-12-8-10-15(11-9-12,14(16)17)18-13-6-4-3-5-7-13/h3-7,12H,2,8-11H2,1H3,(H,16,17). The van der Waals surface area contributed by atoms with Crippen LogP contribution >= 0.6 is 0 Å². The Balaban J connectivity index is 2.12. The molecule has 1 N–H and O–H groups in total. The molecular formula is C15H20O3. The molecule has 1 aromatic rings. The Kier molecular flexibility index (Phi) is 3.90. The lowest BCUT2D eigenvalue weighted by molar-refractivity contribution is -0.159. The predicted molar refractivity (Wildman–Crippen MR) is 69.7 cm³/mol. The molecule has 1 aliphatic rings. The molecule has 3 heteroatoms. The highest BCUT2D eigenvalue weighted by molar-refractivity contribution is 5.78. The Labute approximate surface area is 108 Å². The molecule has 98 valence electrons. The molecule has 0 spiro atoms. The number of carboxylic acids is 1. The SMILES string of the molecule is CCC1CCC(Oc2ccccc2)(C(=O)O)CC1. The zero-order valence-electron chi connectivity index (χ0n) is 10.8. The van der Waals surface area contributed by atoms with E-state index in [0.29, 0.717) is 24.5 Å². The number of carboxylic acid groups (broad SMARTS) is 1. The van der Waals surface area contributed by atoms with Gasteiger partial charge in [-0.1, -0.05) is 31.5 Å². The Morgan fingerprint density at radius 1 is 1.33 bits per heavy atom. The van der Waals surface area contributed by atoms with E-state index in [0.717, 1.165) is 19.3 Å². The second-order valence-corrected chi connectivity index (χ2v) is 5.07. The van der Waals surface area contributed by atoms with Gasteiger partial charge >= 0.3 is 5.97 Å². The molecule has 0 unspecified atom stereocenters. The number of hydrogen-bond acceptors (Lipinski definition) is 2. The minimum Gasteiger partial charge on any atom is -0.478 e. The van der Waals surface area contributed by atoms with Crippen molar-refractivity contribution in [2.75, 3.05) is 0 Å². The molecule has 1 fully saturated rings. The fourth-order valence-corrected chi connectivity index (χ4v) is 2.63. The van der Waals surface area contributed by atoms with Crippen molar-refractivity contribution < 1.29 is 14.6 Å². The molecule has 0 atom stereocenters. The number of carbonyl (C=O) groups is 1. The lowest BCUT2D eigenvalue weighted by atomic mass is 9.77. The first-order valence-electron chi connectivity index (χ1n) is 6.64. The van der Waals surface area contributed by atoms with Crippen molar-refractivity contribution in [1.82, 2.24) is 0 Å². The maximum Gasteiger partial charge on any atom is 0.348 e. The Morgan fingerprint density at radius 3 is 2.44 bits per heavy atom. The van der Waals surface area contributed by atoms with Gasteiger partial charge in [-0.25, -0.2) is 4.79 Å². The number of aliphatic carboxylic acids is 1. The summed E-state index contributed by atoms with van der Waals surface area (Å²) >= 11 is 0. The van der Waals surface area contributed by atoms with Gasteiger partial charge in [0, 0.05) is 0 Å². The highest BCUT2D eigenvalue weighted by atomic mass is 16.5. The molecule has 0 aromatic heterocycles. The van der Waals surface area contributed by atoms with Crippen LogP contribution in [0.1, 0.15) is 39.0 Å². The molecule has 3 nitrogen and oxygen atoms in total. The van der Waals surface area contributed by atoms with E-state index >= 15 is 0 Å². The van der Waals surface area contributed by atoms with Gasteiger partial charge < -0.3 is 9.84 Å². The van der Waals surface area contributed by atoms with Crippen LogP contribution in [0, 0.1) is 5.92 Å². The number of hydrogen-bond donors (Lipinski definition) is 1. The third-order valence-corrected chi connectivity index (χ3v) is 3.94. The van der Waals surface area contributed by atoms with Crippen LogP contribution in [0.2, 0.25) is 0 Å². The van der Waals surface area contributed by atoms with Gasteiger partial charge in [0.1, 0.15) is 5.75 Å². The summed E-state index contributed by atoms with van der Waals surface area (Å²) in [5.41, 5.74) is -1.02. The number of ether oxygens (including phenoxy) is 1. The predicted octanol–water partition coefficient (Wildman–Crippen LogP) is 3.49. The van der Waals surface area contributed by atoms with Crippen molar-refractivity contribution in [1.29, 1.82) is 0 Å². The molecule has 0 radical (unpaired) electrons. The summed E-state index contributed by atoms with van der Waals surface area (Å²) in [6.07, 6.45) is 4.22. The van der Waals surface area contributed by atoms with Crippen molar-refractivity contribution in [3.05, 3.63) is 30.3 Å². The van der Waals surface area contributed by atoms with Gasteiger partial charge in [0.15, 0.2) is 0 Å². The monoisotopic (exact) mass is 248 g/mol. The summed E-state index contributed by atoms with van der Waals surface area (Å²) in [5, 5.41) is 9.48. The molecular weight excluding hydrogens is 228 g/mol. The molecule has 0 amide bonds. The molecule has 0 saturated heterocycles. The first kappa shape index (κ1) is 12.9. The quantitative estimate of drug-likeness (QED) is 0.887.